The van der Waals surface area contributed by atoms with E-state index < -0.39 is 25.9 Å². The fraction of sp³-hybridized carbons (Fsp3) is 1.00. The maximum absolute atomic E-state index is 12.0. The van der Waals surface area contributed by atoms with Gasteiger partial charge in [0.05, 0.1) is 16.8 Å². The van der Waals surface area contributed by atoms with Crippen molar-refractivity contribution < 1.29 is 16.8 Å². The van der Waals surface area contributed by atoms with Gasteiger partial charge in [0, 0.05) is 6.04 Å². The van der Waals surface area contributed by atoms with Gasteiger partial charge < -0.3 is 5.32 Å². The molecule has 0 aromatic carbocycles. The molecule has 1 atom stereocenters. The van der Waals surface area contributed by atoms with E-state index in [2.05, 4.69) is 10.0 Å². The van der Waals surface area contributed by atoms with Crippen LogP contribution in [0.15, 0.2) is 0 Å². The maximum Gasteiger partial charge on any atom is 0.214 e. The zero-order valence-electron chi connectivity index (χ0n) is 9.55. The minimum atomic E-state index is -3.37. The predicted molar refractivity (Wildman–Crippen MR) is 65.0 cm³/mol. The van der Waals surface area contributed by atoms with Gasteiger partial charge in [-0.15, -0.1) is 0 Å². The minimum absolute atomic E-state index is 0.0583. The van der Waals surface area contributed by atoms with Crippen molar-refractivity contribution in [3.8, 4) is 0 Å². The third-order valence-corrected chi connectivity index (χ3v) is 7.07. The van der Waals surface area contributed by atoms with Crippen molar-refractivity contribution in [2.24, 2.45) is 0 Å². The fourth-order valence-electron chi connectivity index (χ4n) is 2.32. The first-order chi connectivity index (χ1) is 7.89. The summed E-state index contributed by atoms with van der Waals surface area (Å²) in [6.07, 6.45) is 1.58. The van der Waals surface area contributed by atoms with Crippen LogP contribution in [0.5, 0.6) is 0 Å². The van der Waals surface area contributed by atoms with Gasteiger partial charge in [0.1, 0.15) is 0 Å². The second-order valence-electron chi connectivity index (χ2n) is 4.71. The lowest BCUT2D eigenvalue weighted by molar-refractivity contribution is 0.483. The van der Waals surface area contributed by atoms with Crippen molar-refractivity contribution >= 4 is 19.9 Å². The van der Waals surface area contributed by atoms with Crippen molar-refractivity contribution in [2.45, 2.75) is 30.6 Å². The highest BCUT2D eigenvalue weighted by molar-refractivity contribution is 7.92. The number of hydrogen-bond acceptors (Lipinski definition) is 5. The molecule has 2 rings (SSSR count). The summed E-state index contributed by atoms with van der Waals surface area (Å²) in [4.78, 5) is 0. The van der Waals surface area contributed by atoms with Gasteiger partial charge in [-0.25, -0.2) is 21.6 Å². The molecular formula is C9H18N2O4S2. The second kappa shape index (κ2) is 4.83. The molecule has 2 aliphatic rings. The lowest BCUT2D eigenvalue weighted by Crippen LogP contribution is -2.45. The molecule has 2 N–H and O–H groups in total. The van der Waals surface area contributed by atoms with Crippen molar-refractivity contribution in [1.82, 2.24) is 10.0 Å². The summed E-state index contributed by atoms with van der Waals surface area (Å²) in [6, 6.07) is -0.431. The van der Waals surface area contributed by atoms with E-state index in [1.54, 1.807) is 0 Å². The van der Waals surface area contributed by atoms with Crippen LogP contribution in [-0.4, -0.2) is 52.7 Å². The van der Waals surface area contributed by atoms with Crippen molar-refractivity contribution in [2.75, 3.05) is 24.6 Å². The Labute approximate surface area is 102 Å². The van der Waals surface area contributed by atoms with Gasteiger partial charge in [-0.2, -0.15) is 0 Å². The SMILES string of the molecule is O=S1(=O)CCC(NS(=O)(=O)C2CCNCC2)C1. The largest absolute Gasteiger partial charge is 0.317 e. The van der Waals surface area contributed by atoms with Crippen molar-refractivity contribution in [1.29, 1.82) is 0 Å². The van der Waals surface area contributed by atoms with Crippen LogP contribution in [-0.2, 0) is 19.9 Å². The smallest absolute Gasteiger partial charge is 0.214 e. The highest BCUT2D eigenvalue weighted by Gasteiger charge is 2.34. The molecule has 0 saturated carbocycles. The Kier molecular flexibility index (Phi) is 3.77. The Morgan fingerprint density at radius 1 is 1.12 bits per heavy atom. The van der Waals surface area contributed by atoms with Crippen LogP contribution in [0.1, 0.15) is 19.3 Å². The number of nitrogens with one attached hydrogen (secondary N) is 2. The van der Waals surface area contributed by atoms with Crippen LogP contribution >= 0.6 is 0 Å². The van der Waals surface area contributed by atoms with E-state index >= 15 is 0 Å². The second-order valence-corrected chi connectivity index (χ2v) is 8.93. The Balaban J connectivity index is 1.98. The summed E-state index contributed by atoms with van der Waals surface area (Å²) < 4.78 is 49.1. The molecule has 0 aliphatic carbocycles. The normalized spacial score (nSPS) is 30.5. The molecule has 2 saturated heterocycles. The average molecular weight is 282 g/mol. The monoisotopic (exact) mass is 282 g/mol. The minimum Gasteiger partial charge on any atom is -0.317 e. The molecule has 6 nitrogen and oxygen atoms in total. The first-order valence-electron chi connectivity index (χ1n) is 5.81. The van der Waals surface area contributed by atoms with Crippen molar-refractivity contribution in [3.05, 3.63) is 0 Å². The molecule has 0 radical (unpaired) electrons. The van der Waals surface area contributed by atoms with Crippen LogP contribution in [0.25, 0.3) is 0 Å². The van der Waals surface area contributed by atoms with Gasteiger partial charge in [-0.1, -0.05) is 0 Å². The zero-order chi connectivity index (χ0) is 12.5. The Hall–Kier alpha value is -0.180. The van der Waals surface area contributed by atoms with Crippen LogP contribution in [0.4, 0.5) is 0 Å². The molecule has 2 fully saturated rings. The van der Waals surface area contributed by atoms with E-state index in [1.165, 1.54) is 0 Å². The van der Waals surface area contributed by atoms with Gasteiger partial charge in [0.2, 0.25) is 10.0 Å². The average Bonchev–Trinajstić information content (AvgIpc) is 2.58. The predicted octanol–water partition coefficient (Wildman–Crippen LogP) is -1.16. The maximum atomic E-state index is 12.0. The molecule has 8 heteroatoms. The summed E-state index contributed by atoms with van der Waals surface area (Å²) in [5.41, 5.74) is 0. The lowest BCUT2D eigenvalue weighted by Gasteiger charge is -2.24. The molecule has 2 heterocycles. The third kappa shape index (κ3) is 3.40. The van der Waals surface area contributed by atoms with Gasteiger partial charge in [-0.3, -0.25) is 0 Å². The van der Waals surface area contributed by atoms with Gasteiger partial charge in [0.15, 0.2) is 9.84 Å². The summed E-state index contributed by atoms with van der Waals surface area (Å²) in [6.45, 7) is 1.41. The number of rotatable bonds is 3. The van der Waals surface area contributed by atoms with Crippen LogP contribution in [0.2, 0.25) is 0 Å². The number of hydrogen-bond donors (Lipinski definition) is 2. The summed E-state index contributed by atoms with van der Waals surface area (Å²) in [5, 5.41) is 2.72. The van der Waals surface area contributed by atoms with Crippen molar-refractivity contribution in [3.63, 3.8) is 0 Å². The van der Waals surface area contributed by atoms with E-state index in [0.717, 1.165) is 0 Å². The molecular weight excluding hydrogens is 264 g/mol. The molecule has 0 spiro atoms. The first-order valence-corrected chi connectivity index (χ1v) is 9.18. The van der Waals surface area contributed by atoms with Crippen LogP contribution < -0.4 is 10.0 Å². The molecule has 0 bridgehead atoms. The summed E-state index contributed by atoms with van der Waals surface area (Å²) >= 11 is 0. The summed E-state index contributed by atoms with van der Waals surface area (Å²) in [7, 11) is -6.41. The molecule has 0 aromatic heterocycles. The van der Waals surface area contributed by atoms with E-state index in [-0.39, 0.29) is 16.8 Å². The first kappa shape index (κ1) is 13.3. The fourth-order valence-corrected chi connectivity index (χ4v) is 5.82. The molecule has 0 amide bonds. The topological polar surface area (TPSA) is 92.3 Å². The molecule has 100 valence electrons. The zero-order valence-corrected chi connectivity index (χ0v) is 11.2. The Bertz CT molecular complexity index is 465. The number of piperidine rings is 1. The third-order valence-electron chi connectivity index (χ3n) is 3.29. The summed E-state index contributed by atoms with van der Waals surface area (Å²) in [5.74, 6) is 0.0314. The van der Waals surface area contributed by atoms with Gasteiger partial charge in [-0.05, 0) is 32.4 Å². The van der Waals surface area contributed by atoms with E-state index in [9.17, 15) is 16.8 Å². The highest BCUT2D eigenvalue weighted by atomic mass is 32.2. The Morgan fingerprint density at radius 3 is 2.29 bits per heavy atom. The molecule has 17 heavy (non-hydrogen) atoms. The van der Waals surface area contributed by atoms with E-state index in [4.69, 9.17) is 0 Å². The van der Waals surface area contributed by atoms with Crippen LogP contribution in [0, 0.1) is 0 Å². The van der Waals surface area contributed by atoms with E-state index in [1.807, 2.05) is 0 Å². The molecule has 1 unspecified atom stereocenters. The quantitative estimate of drug-likeness (QED) is 0.681. The van der Waals surface area contributed by atoms with Crippen LogP contribution in [0.3, 0.4) is 0 Å². The van der Waals surface area contributed by atoms with E-state index in [0.29, 0.717) is 32.4 Å². The van der Waals surface area contributed by atoms with Gasteiger partial charge in [0.25, 0.3) is 0 Å². The molecule has 0 aromatic rings. The number of sulfonamides is 1. The van der Waals surface area contributed by atoms with Gasteiger partial charge >= 0.3 is 0 Å². The molecule has 2 aliphatic heterocycles. The lowest BCUT2D eigenvalue weighted by atomic mass is 10.2. The number of sulfone groups is 1. The standard InChI is InChI=1S/C9H18N2O4S2/c12-16(13)6-3-8(7-16)11-17(14,15)9-1-4-10-5-2-9/h8-11H,1-7H2. The highest BCUT2D eigenvalue weighted by Crippen LogP contribution is 2.17. The Morgan fingerprint density at radius 2 is 1.76 bits per heavy atom.